The van der Waals surface area contributed by atoms with Gasteiger partial charge in [0.25, 0.3) is 17.3 Å². The normalized spacial score (nSPS) is 13.1. The van der Waals surface area contributed by atoms with Gasteiger partial charge in [-0.3, -0.25) is 33.8 Å². The zero-order valence-corrected chi connectivity index (χ0v) is 21.5. The van der Waals surface area contributed by atoms with Crippen molar-refractivity contribution in [2.24, 2.45) is 0 Å². The third-order valence-electron chi connectivity index (χ3n) is 6.33. The van der Waals surface area contributed by atoms with E-state index >= 15 is 0 Å². The second kappa shape index (κ2) is 11.3. The van der Waals surface area contributed by atoms with Crippen molar-refractivity contribution in [1.82, 2.24) is 9.97 Å². The fourth-order valence-corrected chi connectivity index (χ4v) is 4.67. The number of hydrogen-bond acceptors (Lipinski definition) is 11. The van der Waals surface area contributed by atoms with E-state index in [1.807, 2.05) is 0 Å². The van der Waals surface area contributed by atoms with Crippen LogP contribution in [0.25, 0.3) is 21.8 Å². The van der Waals surface area contributed by atoms with Gasteiger partial charge in [0.15, 0.2) is 0 Å². The van der Waals surface area contributed by atoms with Crippen LogP contribution in [0.15, 0.2) is 30.5 Å². The second-order valence-corrected chi connectivity index (χ2v) is 9.00. The summed E-state index contributed by atoms with van der Waals surface area (Å²) in [5.74, 6) is -22.4. The highest BCUT2D eigenvalue weighted by Crippen LogP contribution is 2.41. The number of Topliss-reactive ketones (excluding diaryl/α,β-unsaturated/α-hetero) is 6. The lowest BCUT2D eigenvalue weighted by Crippen LogP contribution is -2.36. The molecule has 0 aliphatic rings. The van der Waals surface area contributed by atoms with E-state index in [1.54, 1.807) is 6.07 Å². The fourth-order valence-electron chi connectivity index (χ4n) is 4.67. The Bertz CT molecular complexity index is 1740. The van der Waals surface area contributed by atoms with Gasteiger partial charge >= 0.3 is 17.9 Å². The van der Waals surface area contributed by atoms with Crippen LogP contribution in [0.2, 0.25) is 0 Å². The van der Waals surface area contributed by atoms with Crippen molar-refractivity contribution < 1.29 is 58.5 Å². The van der Waals surface area contributed by atoms with Crippen molar-refractivity contribution in [2.45, 2.75) is 38.5 Å². The van der Waals surface area contributed by atoms with Crippen LogP contribution in [0.5, 0.6) is 0 Å². The summed E-state index contributed by atoms with van der Waals surface area (Å²) in [5.41, 5.74) is -2.74. The van der Waals surface area contributed by atoms with Crippen molar-refractivity contribution >= 4 is 74.4 Å². The maximum atomic E-state index is 12.9. The van der Waals surface area contributed by atoms with Gasteiger partial charge in [-0.25, -0.2) is 19.4 Å². The molecule has 0 radical (unpaired) electrons. The number of carboxylic acids is 3. The van der Waals surface area contributed by atoms with Gasteiger partial charge in [-0.15, -0.1) is 0 Å². The van der Waals surface area contributed by atoms with E-state index in [2.05, 4.69) is 9.97 Å². The maximum Gasteiger partial charge on any atom is 0.373 e. The van der Waals surface area contributed by atoms with Crippen LogP contribution < -0.4 is 0 Å². The summed E-state index contributed by atoms with van der Waals surface area (Å²) in [4.78, 5) is 121. The first-order chi connectivity index (χ1) is 19.1. The molecular formula is C27H20N2O12. The summed E-state index contributed by atoms with van der Waals surface area (Å²) in [6, 6.07) is 5.73. The first-order valence-corrected chi connectivity index (χ1v) is 11.7. The predicted octanol–water partition coefficient (Wildman–Crippen LogP) is 0.762. The largest absolute Gasteiger partial charge is 0.475 e. The summed E-state index contributed by atoms with van der Waals surface area (Å²) in [6.07, 6.45) is 1.30. The summed E-state index contributed by atoms with van der Waals surface area (Å²) >= 11 is 0. The molecule has 3 rings (SSSR count). The third kappa shape index (κ3) is 5.34. The number of aliphatic carboxylic acids is 3. The molecule has 1 aromatic carbocycles. The van der Waals surface area contributed by atoms with Gasteiger partial charge < -0.3 is 15.3 Å². The molecule has 14 nitrogen and oxygen atoms in total. The lowest BCUT2D eigenvalue weighted by Gasteiger charge is -2.26. The Morgan fingerprint density at radius 3 is 1.54 bits per heavy atom. The SMILES string of the molecule is CC(=O)C(C(=O)C(=O)O)c1nc2c(ccc3cccnc32)c(C(C(C)=O)C(=O)C(=O)O)c1C(C(C)=O)C(=O)C(=O)O. The van der Waals surface area contributed by atoms with Crippen molar-refractivity contribution in [3.05, 3.63) is 47.3 Å². The van der Waals surface area contributed by atoms with Gasteiger partial charge in [-0.1, -0.05) is 18.2 Å². The quantitative estimate of drug-likeness (QED) is 0.156. The first kappa shape index (κ1) is 30.0. The topological polar surface area (TPSA) is 240 Å². The van der Waals surface area contributed by atoms with Gasteiger partial charge in [-0.2, -0.15) is 0 Å². The highest BCUT2D eigenvalue weighted by Gasteiger charge is 2.45. The first-order valence-electron chi connectivity index (χ1n) is 11.7. The fraction of sp³-hybridized carbons (Fsp3) is 0.222. The van der Waals surface area contributed by atoms with Crippen molar-refractivity contribution in [3.8, 4) is 0 Å². The number of rotatable bonds is 12. The number of hydrogen-bond donors (Lipinski definition) is 3. The number of benzene rings is 1. The summed E-state index contributed by atoms with van der Waals surface area (Å²) < 4.78 is 0. The van der Waals surface area contributed by atoms with E-state index in [0.717, 1.165) is 20.8 Å². The molecule has 0 aliphatic carbocycles. The molecule has 0 spiro atoms. The summed E-state index contributed by atoms with van der Waals surface area (Å²) in [7, 11) is 0. The molecule has 0 fully saturated rings. The highest BCUT2D eigenvalue weighted by atomic mass is 16.4. The lowest BCUT2D eigenvalue weighted by atomic mass is 9.75. The molecule has 0 amide bonds. The standard InChI is InChI=1S/C27H20N2O12/c1-9(30)14(22(33)25(36)37)17-13-7-6-12-5-4-8-28-19(12)20(13)29-21(16(11(3)32)24(35)27(40)41)18(17)15(10(2)31)23(34)26(38)39/h4-8,14-16H,1-3H3,(H,36,37)(H,38,39)(H,40,41). The molecule has 2 heterocycles. The minimum atomic E-state index is -2.43. The Kier molecular flexibility index (Phi) is 8.27. The Morgan fingerprint density at radius 1 is 0.610 bits per heavy atom. The molecule has 3 aromatic rings. The van der Waals surface area contributed by atoms with Crippen LogP contribution in [0.1, 0.15) is 55.3 Å². The number of carbonyl (C=O) groups is 9. The van der Waals surface area contributed by atoms with Gasteiger partial charge in [0.05, 0.1) is 16.7 Å². The van der Waals surface area contributed by atoms with Crippen LogP contribution in [0, 0.1) is 0 Å². The average molecular weight is 564 g/mol. The molecule has 0 saturated carbocycles. The van der Waals surface area contributed by atoms with Crippen molar-refractivity contribution in [1.29, 1.82) is 0 Å². The number of fused-ring (bicyclic) bond motifs is 3. The van der Waals surface area contributed by atoms with E-state index in [9.17, 15) is 58.5 Å². The smallest absolute Gasteiger partial charge is 0.373 e. The molecule has 14 heteroatoms. The Balaban J connectivity index is 2.82. The van der Waals surface area contributed by atoms with E-state index in [1.165, 1.54) is 24.4 Å². The van der Waals surface area contributed by atoms with Gasteiger partial charge in [0.2, 0.25) is 0 Å². The Hall–Kier alpha value is -5.53. The van der Waals surface area contributed by atoms with E-state index < -0.39 is 87.2 Å². The minimum absolute atomic E-state index is 0.0261. The monoisotopic (exact) mass is 564 g/mol. The maximum absolute atomic E-state index is 12.9. The Morgan fingerprint density at radius 2 is 1.07 bits per heavy atom. The molecule has 3 unspecified atom stereocenters. The average Bonchev–Trinajstić information content (AvgIpc) is 2.88. The van der Waals surface area contributed by atoms with Crippen molar-refractivity contribution in [2.75, 3.05) is 0 Å². The van der Waals surface area contributed by atoms with E-state index in [4.69, 9.17) is 0 Å². The molecule has 0 bridgehead atoms. The highest BCUT2D eigenvalue weighted by molar-refractivity contribution is 6.42. The summed E-state index contributed by atoms with van der Waals surface area (Å²) in [6.45, 7) is 2.36. The minimum Gasteiger partial charge on any atom is -0.475 e. The number of carbonyl (C=O) groups excluding carboxylic acids is 6. The Labute approximate surface area is 229 Å². The number of aromatic nitrogens is 2. The number of ketones is 6. The molecule has 0 aliphatic heterocycles. The molecule has 3 N–H and O–H groups in total. The second-order valence-electron chi connectivity index (χ2n) is 9.00. The molecule has 2 aromatic heterocycles. The zero-order chi connectivity index (χ0) is 30.9. The zero-order valence-electron chi connectivity index (χ0n) is 21.5. The van der Waals surface area contributed by atoms with E-state index in [-0.39, 0.29) is 16.4 Å². The van der Waals surface area contributed by atoms with Gasteiger partial charge in [0.1, 0.15) is 35.1 Å². The lowest BCUT2D eigenvalue weighted by molar-refractivity contribution is -0.151. The number of carboxylic acid groups (broad SMARTS) is 3. The summed E-state index contributed by atoms with van der Waals surface area (Å²) in [5, 5.41) is 28.6. The van der Waals surface area contributed by atoms with Crippen molar-refractivity contribution in [3.63, 3.8) is 0 Å². The number of pyridine rings is 2. The van der Waals surface area contributed by atoms with Gasteiger partial charge in [-0.05, 0) is 38.0 Å². The predicted molar refractivity (Wildman–Crippen MR) is 135 cm³/mol. The number of nitrogens with zero attached hydrogens (tertiary/aromatic N) is 2. The molecular weight excluding hydrogens is 544 g/mol. The van der Waals surface area contributed by atoms with Crippen LogP contribution in [-0.2, 0) is 43.2 Å². The van der Waals surface area contributed by atoms with Crippen LogP contribution in [0.4, 0.5) is 0 Å². The molecule has 210 valence electrons. The van der Waals surface area contributed by atoms with Gasteiger partial charge in [0, 0.05) is 17.0 Å². The van der Waals surface area contributed by atoms with Crippen LogP contribution in [-0.4, -0.2) is 77.9 Å². The molecule has 41 heavy (non-hydrogen) atoms. The molecule has 0 saturated heterocycles. The van der Waals surface area contributed by atoms with Crippen LogP contribution >= 0.6 is 0 Å². The van der Waals surface area contributed by atoms with Crippen LogP contribution in [0.3, 0.4) is 0 Å². The van der Waals surface area contributed by atoms with E-state index in [0.29, 0.717) is 5.39 Å². The molecule has 3 atom stereocenters. The third-order valence-corrected chi connectivity index (χ3v) is 6.33.